The van der Waals surface area contributed by atoms with Gasteiger partial charge in [0.1, 0.15) is 18.1 Å². The fourth-order valence-corrected chi connectivity index (χ4v) is 2.89. The summed E-state index contributed by atoms with van der Waals surface area (Å²) in [6, 6.07) is -4.48. The molecule has 0 spiro atoms. The minimum Gasteiger partial charge on any atom is -0.480 e. The van der Waals surface area contributed by atoms with E-state index in [9.17, 15) is 24.0 Å². The van der Waals surface area contributed by atoms with E-state index in [0.717, 1.165) is 0 Å². The van der Waals surface area contributed by atoms with Crippen LogP contribution in [0.5, 0.6) is 0 Å². The maximum atomic E-state index is 13.0. The Balaban J connectivity index is 5.46. The van der Waals surface area contributed by atoms with Gasteiger partial charge in [0.2, 0.25) is 23.6 Å². The summed E-state index contributed by atoms with van der Waals surface area (Å²) in [5.41, 5.74) is 27.1. The number of primary amides is 1. The van der Waals surface area contributed by atoms with E-state index in [4.69, 9.17) is 33.8 Å². The Morgan fingerprint density at radius 3 is 1.94 bits per heavy atom. The molecule has 35 heavy (non-hydrogen) atoms. The Morgan fingerprint density at radius 2 is 1.40 bits per heavy atom. The van der Waals surface area contributed by atoms with Crippen LogP contribution in [-0.4, -0.2) is 77.9 Å². The van der Waals surface area contributed by atoms with Crippen molar-refractivity contribution in [3.8, 4) is 0 Å². The van der Waals surface area contributed by atoms with Crippen molar-refractivity contribution in [2.75, 3.05) is 13.1 Å². The summed E-state index contributed by atoms with van der Waals surface area (Å²) in [7, 11) is 0. The summed E-state index contributed by atoms with van der Waals surface area (Å²) in [5.74, 6) is -4.25. The van der Waals surface area contributed by atoms with Crippen LogP contribution < -0.4 is 44.6 Å². The van der Waals surface area contributed by atoms with Gasteiger partial charge in [0.15, 0.2) is 5.96 Å². The Labute approximate surface area is 204 Å². The van der Waals surface area contributed by atoms with Crippen LogP contribution in [0.1, 0.15) is 51.9 Å². The second-order valence-electron chi connectivity index (χ2n) is 8.04. The molecule has 0 aromatic rings. The predicted octanol–water partition coefficient (Wildman–Crippen LogP) is -3.68. The summed E-state index contributed by atoms with van der Waals surface area (Å²) in [4.78, 5) is 64.1. The molecule has 0 aliphatic heterocycles. The molecule has 0 aliphatic rings. The third-order valence-electron chi connectivity index (χ3n) is 4.93. The van der Waals surface area contributed by atoms with Gasteiger partial charge < -0.3 is 49.7 Å². The summed E-state index contributed by atoms with van der Waals surface area (Å²) >= 11 is 0. The molecule has 0 rings (SSSR count). The van der Waals surface area contributed by atoms with E-state index in [1.54, 1.807) is 0 Å². The van der Waals surface area contributed by atoms with Crippen LogP contribution in [0.25, 0.3) is 0 Å². The highest BCUT2D eigenvalue weighted by molar-refractivity contribution is 5.94. The Morgan fingerprint density at radius 1 is 0.829 bits per heavy atom. The lowest BCUT2D eigenvalue weighted by molar-refractivity contribution is -0.142. The van der Waals surface area contributed by atoms with Crippen LogP contribution in [-0.2, 0) is 24.0 Å². The molecular formula is C20H39N9O6. The SMILES string of the molecule is CC(NC(=O)C(CCC(N)=O)NC(=O)C(CCCN=C(N)N)NC(=O)C(N)CCCCN)C(=O)O. The fourth-order valence-electron chi connectivity index (χ4n) is 2.89. The maximum Gasteiger partial charge on any atom is 0.325 e. The maximum absolute atomic E-state index is 13.0. The standard InChI is InChI=1S/C20H39N9O6/c1-11(19(34)35)27-17(32)14(7-8-15(23)30)29-18(33)13(6-4-10-26-20(24)25)28-16(31)12(22)5-2-3-9-21/h11-14H,2-10,21-22H2,1H3,(H2,23,30)(H,27,32)(H,28,31)(H,29,33)(H,34,35)(H4,24,25,26). The van der Waals surface area contributed by atoms with Crippen LogP contribution in [0.3, 0.4) is 0 Å². The number of aliphatic imine (C=N–C) groups is 1. The molecule has 0 saturated carbocycles. The Hall–Kier alpha value is -3.46. The number of nitrogens with two attached hydrogens (primary N) is 5. The molecule has 15 heteroatoms. The van der Waals surface area contributed by atoms with Crippen LogP contribution in [0, 0.1) is 0 Å². The lowest BCUT2D eigenvalue weighted by Gasteiger charge is -2.24. The Bertz CT molecular complexity index is 757. The summed E-state index contributed by atoms with van der Waals surface area (Å²) in [6.45, 7) is 1.89. The average Bonchev–Trinajstić information content (AvgIpc) is 2.77. The third kappa shape index (κ3) is 14.4. The van der Waals surface area contributed by atoms with Crippen molar-refractivity contribution in [2.45, 2.75) is 76.0 Å². The van der Waals surface area contributed by atoms with Gasteiger partial charge in [0.05, 0.1) is 6.04 Å². The normalized spacial score (nSPS) is 14.0. The predicted molar refractivity (Wildman–Crippen MR) is 128 cm³/mol. The van der Waals surface area contributed by atoms with Crippen LogP contribution in [0.2, 0.25) is 0 Å². The molecule has 4 atom stereocenters. The number of guanidine groups is 1. The first-order chi connectivity index (χ1) is 16.4. The van der Waals surface area contributed by atoms with Crippen molar-refractivity contribution in [1.82, 2.24) is 16.0 Å². The lowest BCUT2D eigenvalue weighted by atomic mass is 10.1. The molecule has 0 bridgehead atoms. The molecule has 15 nitrogen and oxygen atoms in total. The van der Waals surface area contributed by atoms with Crippen molar-refractivity contribution < 1.29 is 29.1 Å². The van der Waals surface area contributed by atoms with E-state index >= 15 is 0 Å². The number of nitrogens with zero attached hydrogens (tertiary/aromatic N) is 1. The fraction of sp³-hybridized carbons (Fsp3) is 0.700. The molecular weight excluding hydrogens is 462 g/mol. The molecule has 0 radical (unpaired) electrons. The van der Waals surface area contributed by atoms with Crippen molar-refractivity contribution in [3.63, 3.8) is 0 Å². The van der Waals surface area contributed by atoms with Crippen molar-refractivity contribution in [1.29, 1.82) is 0 Å². The molecule has 0 saturated heterocycles. The van der Waals surface area contributed by atoms with Gasteiger partial charge in [0, 0.05) is 13.0 Å². The van der Waals surface area contributed by atoms with Crippen molar-refractivity contribution in [3.05, 3.63) is 0 Å². The van der Waals surface area contributed by atoms with Gasteiger partial charge in [-0.3, -0.25) is 29.0 Å². The minimum atomic E-state index is -1.29. The first kappa shape index (κ1) is 31.5. The van der Waals surface area contributed by atoms with Crippen molar-refractivity contribution >= 4 is 35.6 Å². The zero-order valence-corrected chi connectivity index (χ0v) is 20.0. The number of amides is 4. The molecule has 200 valence electrons. The van der Waals surface area contributed by atoms with Gasteiger partial charge in [-0.05, 0) is 45.6 Å². The smallest absolute Gasteiger partial charge is 0.325 e. The van der Waals surface area contributed by atoms with Crippen LogP contribution >= 0.6 is 0 Å². The van der Waals surface area contributed by atoms with Gasteiger partial charge in [-0.1, -0.05) is 6.42 Å². The van der Waals surface area contributed by atoms with Crippen LogP contribution in [0.4, 0.5) is 0 Å². The van der Waals surface area contributed by atoms with Gasteiger partial charge >= 0.3 is 5.97 Å². The second kappa shape index (κ2) is 17.0. The molecule has 4 amide bonds. The number of hydrogen-bond acceptors (Lipinski definition) is 8. The van der Waals surface area contributed by atoms with Gasteiger partial charge in [-0.25, -0.2) is 0 Å². The monoisotopic (exact) mass is 501 g/mol. The van der Waals surface area contributed by atoms with E-state index in [0.29, 0.717) is 32.2 Å². The van der Waals surface area contributed by atoms with Crippen LogP contribution in [0.15, 0.2) is 4.99 Å². The van der Waals surface area contributed by atoms with E-state index < -0.39 is 53.8 Å². The molecule has 4 unspecified atom stereocenters. The van der Waals surface area contributed by atoms with Gasteiger partial charge in [0.25, 0.3) is 0 Å². The number of unbranched alkanes of at least 4 members (excludes halogenated alkanes) is 1. The molecule has 0 fully saturated rings. The van der Waals surface area contributed by atoms with E-state index in [1.165, 1.54) is 6.92 Å². The number of carbonyl (C=O) groups excluding carboxylic acids is 4. The number of aliphatic carboxylic acids is 1. The largest absolute Gasteiger partial charge is 0.480 e. The van der Waals surface area contributed by atoms with Gasteiger partial charge in [-0.2, -0.15) is 0 Å². The Kier molecular flexibility index (Phi) is 15.4. The van der Waals surface area contributed by atoms with Gasteiger partial charge in [-0.15, -0.1) is 0 Å². The third-order valence-corrected chi connectivity index (χ3v) is 4.93. The summed E-state index contributed by atoms with van der Waals surface area (Å²) in [6.07, 6.45) is 1.69. The minimum absolute atomic E-state index is 0.111. The number of carbonyl (C=O) groups is 5. The molecule has 0 aliphatic carbocycles. The highest BCUT2D eigenvalue weighted by Crippen LogP contribution is 2.05. The zero-order chi connectivity index (χ0) is 27.0. The first-order valence-corrected chi connectivity index (χ1v) is 11.3. The summed E-state index contributed by atoms with van der Waals surface area (Å²) in [5, 5.41) is 16.3. The highest BCUT2D eigenvalue weighted by Gasteiger charge is 2.29. The number of carboxylic acids is 1. The average molecular weight is 502 g/mol. The quantitative estimate of drug-likeness (QED) is 0.0503. The number of hydrogen-bond donors (Lipinski definition) is 9. The summed E-state index contributed by atoms with van der Waals surface area (Å²) < 4.78 is 0. The topological polar surface area (TPSA) is 284 Å². The van der Waals surface area contributed by atoms with E-state index in [2.05, 4.69) is 20.9 Å². The number of carboxylic acid groups (broad SMARTS) is 1. The molecule has 0 aromatic heterocycles. The van der Waals surface area contributed by atoms with E-state index in [1.807, 2.05) is 0 Å². The lowest BCUT2D eigenvalue weighted by Crippen LogP contribution is -2.57. The van der Waals surface area contributed by atoms with Crippen molar-refractivity contribution in [2.24, 2.45) is 33.7 Å². The zero-order valence-electron chi connectivity index (χ0n) is 20.0. The molecule has 0 heterocycles. The molecule has 14 N–H and O–H groups in total. The second-order valence-corrected chi connectivity index (χ2v) is 8.04. The van der Waals surface area contributed by atoms with E-state index in [-0.39, 0.29) is 31.8 Å². The number of nitrogens with one attached hydrogen (secondary N) is 3. The highest BCUT2D eigenvalue weighted by atomic mass is 16.4. The molecule has 0 aromatic carbocycles. The first-order valence-electron chi connectivity index (χ1n) is 11.3. The number of rotatable bonds is 18.